The number of benzene rings is 1. The first-order valence-corrected chi connectivity index (χ1v) is 7.57. The van der Waals surface area contributed by atoms with Gasteiger partial charge in [-0.15, -0.1) is 11.6 Å². The Hall–Kier alpha value is -0.250. The number of thioether (sulfide) groups is 1. The van der Waals surface area contributed by atoms with Crippen molar-refractivity contribution in [2.45, 2.75) is 12.3 Å². The standard InChI is InChI=1S/C12H16Cl2O2S/c1-15-11-7-10(14)6-9(8-13)12(11)16-4-3-5-17-2/h6-7H,3-5,8H2,1-2H3. The number of alkyl halides is 1. The van der Waals surface area contributed by atoms with Crippen molar-refractivity contribution in [3.05, 3.63) is 22.7 Å². The summed E-state index contributed by atoms with van der Waals surface area (Å²) in [6, 6.07) is 3.54. The van der Waals surface area contributed by atoms with Crippen LogP contribution in [0.2, 0.25) is 5.02 Å². The Morgan fingerprint density at radius 1 is 1.35 bits per heavy atom. The Morgan fingerprint density at radius 3 is 2.71 bits per heavy atom. The van der Waals surface area contributed by atoms with Gasteiger partial charge in [-0.25, -0.2) is 0 Å². The SMILES string of the molecule is COc1cc(Cl)cc(CCl)c1OCCCSC. The van der Waals surface area contributed by atoms with E-state index in [0.717, 1.165) is 17.7 Å². The molecule has 0 spiro atoms. The maximum atomic E-state index is 5.97. The van der Waals surface area contributed by atoms with E-state index in [1.54, 1.807) is 31.0 Å². The maximum absolute atomic E-state index is 5.97. The highest BCUT2D eigenvalue weighted by Gasteiger charge is 2.12. The molecule has 0 saturated carbocycles. The molecule has 0 heterocycles. The first-order chi connectivity index (χ1) is 8.22. The van der Waals surface area contributed by atoms with E-state index in [-0.39, 0.29) is 0 Å². The summed E-state index contributed by atoms with van der Waals surface area (Å²) in [5.41, 5.74) is 0.861. The minimum atomic E-state index is 0.356. The van der Waals surface area contributed by atoms with Gasteiger partial charge in [0.2, 0.25) is 0 Å². The third-order valence-corrected chi connectivity index (χ3v) is 3.40. The number of ether oxygens (including phenoxy) is 2. The van der Waals surface area contributed by atoms with Crippen molar-refractivity contribution in [3.63, 3.8) is 0 Å². The minimum absolute atomic E-state index is 0.356. The van der Waals surface area contributed by atoms with Crippen LogP contribution in [0.1, 0.15) is 12.0 Å². The van der Waals surface area contributed by atoms with E-state index in [1.807, 2.05) is 0 Å². The van der Waals surface area contributed by atoms with Crippen LogP contribution in [0.3, 0.4) is 0 Å². The maximum Gasteiger partial charge on any atom is 0.165 e. The summed E-state index contributed by atoms with van der Waals surface area (Å²) < 4.78 is 11.0. The summed E-state index contributed by atoms with van der Waals surface area (Å²) in [6.07, 6.45) is 3.07. The van der Waals surface area contributed by atoms with Crippen LogP contribution in [-0.2, 0) is 5.88 Å². The molecule has 0 amide bonds. The smallest absolute Gasteiger partial charge is 0.165 e. The van der Waals surface area contributed by atoms with Gasteiger partial charge >= 0.3 is 0 Å². The predicted molar refractivity (Wildman–Crippen MR) is 76.1 cm³/mol. The summed E-state index contributed by atoms with van der Waals surface area (Å²) in [5.74, 6) is 2.77. The van der Waals surface area contributed by atoms with E-state index < -0.39 is 0 Å². The van der Waals surface area contributed by atoms with E-state index in [4.69, 9.17) is 32.7 Å². The molecule has 1 rings (SSSR count). The molecule has 0 bridgehead atoms. The number of hydrogen-bond acceptors (Lipinski definition) is 3. The van der Waals surface area contributed by atoms with Gasteiger partial charge in [-0.05, 0) is 24.5 Å². The lowest BCUT2D eigenvalue weighted by atomic mass is 10.2. The molecule has 0 saturated heterocycles. The van der Waals surface area contributed by atoms with E-state index in [9.17, 15) is 0 Å². The lowest BCUT2D eigenvalue weighted by molar-refractivity contribution is 0.293. The summed E-state index contributed by atoms with van der Waals surface area (Å²) in [6.45, 7) is 0.655. The second kappa shape index (κ2) is 7.96. The van der Waals surface area contributed by atoms with Crippen molar-refractivity contribution in [3.8, 4) is 11.5 Å². The highest BCUT2D eigenvalue weighted by molar-refractivity contribution is 7.98. The van der Waals surface area contributed by atoms with Gasteiger partial charge in [0.1, 0.15) is 0 Å². The number of halogens is 2. The monoisotopic (exact) mass is 294 g/mol. The first kappa shape index (κ1) is 14.8. The molecule has 1 aromatic carbocycles. The van der Waals surface area contributed by atoms with Crippen LogP contribution in [0.25, 0.3) is 0 Å². The van der Waals surface area contributed by atoms with Crippen LogP contribution in [0, 0.1) is 0 Å². The van der Waals surface area contributed by atoms with Gasteiger partial charge in [0.05, 0.1) is 19.6 Å². The summed E-state index contributed by atoms with van der Waals surface area (Å²) in [4.78, 5) is 0. The molecular weight excluding hydrogens is 279 g/mol. The molecule has 0 aliphatic heterocycles. The largest absolute Gasteiger partial charge is 0.493 e. The van der Waals surface area contributed by atoms with Gasteiger partial charge in [-0.2, -0.15) is 11.8 Å². The van der Waals surface area contributed by atoms with Crippen molar-refractivity contribution in [1.82, 2.24) is 0 Å². The molecule has 17 heavy (non-hydrogen) atoms. The van der Waals surface area contributed by atoms with Crippen molar-refractivity contribution in [1.29, 1.82) is 0 Å². The molecule has 2 nitrogen and oxygen atoms in total. The zero-order valence-electron chi connectivity index (χ0n) is 9.96. The summed E-state index contributed by atoms with van der Waals surface area (Å²) >= 11 is 13.6. The number of methoxy groups -OCH3 is 1. The number of rotatable bonds is 7. The van der Waals surface area contributed by atoms with Crippen molar-refractivity contribution in [2.24, 2.45) is 0 Å². The molecule has 5 heteroatoms. The van der Waals surface area contributed by atoms with Crippen LogP contribution in [0.15, 0.2) is 12.1 Å². The average Bonchev–Trinajstić information content (AvgIpc) is 2.35. The highest BCUT2D eigenvalue weighted by Crippen LogP contribution is 2.35. The molecule has 96 valence electrons. The third kappa shape index (κ3) is 4.49. The molecule has 0 radical (unpaired) electrons. The molecule has 0 aromatic heterocycles. The Morgan fingerprint density at radius 2 is 2.12 bits per heavy atom. The zero-order chi connectivity index (χ0) is 12.7. The Balaban J connectivity index is 2.79. The van der Waals surface area contributed by atoms with Gasteiger partial charge < -0.3 is 9.47 Å². The first-order valence-electron chi connectivity index (χ1n) is 5.27. The molecule has 0 N–H and O–H groups in total. The van der Waals surface area contributed by atoms with Crippen LogP contribution in [0.5, 0.6) is 11.5 Å². The zero-order valence-corrected chi connectivity index (χ0v) is 12.3. The van der Waals surface area contributed by atoms with E-state index in [2.05, 4.69) is 6.26 Å². The second-order valence-corrected chi connectivity index (χ2v) is 5.11. The van der Waals surface area contributed by atoms with Crippen molar-refractivity contribution >= 4 is 35.0 Å². The third-order valence-electron chi connectivity index (χ3n) is 2.20. The molecule has 0 unspecified atom stereocenters. The Labute approximate surface area is 117 Å². The predicted octanol–water partition coefficient (Wildman–Crippen LogP) is 4.22. The minimum Gasteiger partial charge on any atom is -0.493 e. The van der Waals surface area contributed by atoms with Gasteiger partial charge in [0.25, 0.3) is 0 Å². The highest BCUT2D eigenvalue weighted by atomic mass is 35.5. The Kier molecular flexibility index (Phi) is 6.93. The van der Waals surface area contributed by atoms with E-state index in [1.165, 1.54) is 0 Å². The molecule has 0 atom stereocenters. The summed E-state index contributed by atoms with van der Waals surface area (Å²) in [7, 11) is 1.60. The van der Waals surface area contributed by atoms with E-state index in [0.29, 0.717) is 29.0 Å². The lowest BCUT2D eigenvalue weighted by Gasteiger charge is -2.14. The lowest BCUT2D eigenvalue weighted by Crippen LogP contribution is -2.03. The Bertz CT molecular complexity index is 333. The molecule has 0 aliphatic rings. The molecule has 0 fully saturated rings. The van der Waals surface area contributed by atoms with Gasteiger partial charge in [-0.3, -0.25) is 0 Å². The molecule has 1 aromatic rings. The normalized spacial score (nSPS) is 10.4. The van der Waals surface area contributed by atoms with Gasteiger partial charge in [0.15, 0.2) is 11.5 Å². The van der Waals surface area contributed by atoms with Crippen molar-refractivity contribution in [2.75, 3.05) is 25.7 Å². The van der Waals surface area contributed by atoms with Crippen LogP contribution < -0.4 is 9.47 Å². The van der Waals surface area contributed by atoms with Crippen LogP contribution in [0.4, 0.5) is 0 Å². The second-order valence-electron chi connectivity index (χ2n) is 3.42. The fraction of sp³-hybridized carbons (Fsp3) is 0.500. The average molecular weight is 295 g/mol. The molecule has 0 aliphatic carbocycles. The quantitative estimate of drug-likeness (QED) is 0.554. The fourth-order valence-electron chi connectivity index (χ4n) is 1.41. The fourth-order valence-corrected chi connectivity index (χ4v) is 2.25. The van der Waals surface area contributed by atoms with Gasteiger partial charge in [0, 0.05) is 16.7 Å². The van der Waals surface area contributed by atoms with Crippen LogP contribution >= 0.6 is 35.0 Å². The summed E-state index contributed by atoms with van der Waals surface area (Å²) in [5, 5.41) is 0.606. The van der Waals surface area contributed by atoms with Gasteiger partial charge in [-0.1, -0.05) is 11.6 Å². The van der Waals surface area contributed by atoms with Crippen molar-refractivity contribution < 1.29 is 9.47 Å². The topological polar surface area (TPSA) is 18.5 Å². The van der Waals surface area contributed by atoms with Crippen LogP contribution in [-0.4, -0.2) is 25.7 Å². The number of hydrogen-bond donors (Lipinski definition) is 0. The molecular formula is C12H16Cl2O2S. The van der Waals surface area contributed by atoms with E-state index >= 15 is 0 Å².